The molecule has 5 nitrogen and oxygen atoms in total. The standard InChI is InChI=1S/C19H22N2O3/c1-13(2)15-9-7-14(8-10-15)12-24-19(23)21(3)17-6-4-5-16(11-17)18(20)22/h4-11,13H,12H2,1-3H3,(H2,20,22). The molecular formula is C19H22N2O3. The maximum absolute atomic E-state index is 12.2. The van der Waals surface area contributed by atoms with Gasteiger partial charge in [0.1, 0.15) is 6.61 Å². The third-order valence-corrected chi connectivity index (χ3v) is 3.80. The lowest BCUT2D eigenvalue weighted by Crippen LogP contribution is -2.27. The summed E-state index contributed by atoms with van der Waals surface area (Å²) in [5.41, 5.74) is 8.31. The van der Waals surface area contributed by atoms with E-state index in [4.69, 9.17) is 10.5 Å². The fourth-order valence-electron chi connectivity index (χ4n) is 2.21. The second kappa shape index (κ2) is 7.64. The van der Waals surface area contributed by atoms with Crippen LogP contribution in [0.3, 0.4) is 0 Å². The Morgan fingerprint density at radius 3 is 2.38 bits per heavy atom. The smallest absolute Gasteiger partial charge is 0.414 e. The quantitative estimate of drug-likeness (QED) is 0.911. The van der Waals surface area contributed by atoms with Crippen molar-refractivity contribution in [3.05, 3.63) is 65.2 Å². The van der Waals surface area contributed by atoms with E-state index in [1.807, 2.05) is 24.3 Å². The number of primary amides is 1. The molecule has 0 heterocycles. The SMILES string of the molecule is CC(C)c1ccc(COC(=O)N(C)c2cccc(C(N)=O)c2)cc1. The van der Waals surface area contributed by atoms with E-state index in [9.17, 15) is 9.59 Å². The molecule has 0 fully saturated rings. The number of anilines is 1. The van der Waals surface area contributed by atoms with Crippen molar-refractivity contribution in [3.8, 4) is 0 Å². The van der Waals surface area contributed by atoms with Gasteiger partial charge in [-0.2, -0.15) is 0 Å². The van der Waals surface area contributed by atoms with Gasteiger partial charge >= 0.3 is 6.09 Å². The first-order valence-electron chi connectivity index (χ1n) is 7.77. The van der Waals surface area contributed by atoms with Crippen molar-refractivity contribution in [1.82, 2.24) is 0 Å². The minimum Gasteiger partial charge on any atom is -0.444 e. The number of carbonyl (C=O) groups excluding carboxylic acids is 2. The van der Waals surface area contributed by atoms with Crippen molar-refractivity contribution in [2.45, 2.75) is 26.4 Å². The molecule has 0 aliphatic rings. The molecule has 0 aromatic heterocycles. The maximum atomic E-state index is 12.2. The molecule has 0 unspecified atom stereocenters. The third-order valence-electron chi connectivity index (χ3n) is 3.80. The van der Waals surface area contributed by atoms with Crippen LogP contribution in [0.5, 0.6) is 0 Å². The van der Waals surface area contributed by atoms with E-state index in [1.165, 1.54) is 10.5 Å². The topological polar surface area (TPSA) is 72.6 Å². The Morgan fingerprint density at radius 1 is 1.12 bits per heavy atom. The minimum atomic E-state index is -0.538. The average molecular weight is 326 g/mol. The summed E-state index contributed by atoms with van der Waals surface area (Å²) in [5, 5.41) is 0. The van der Waals surface area contributed by atoms with Gasteiger partial charge in [-0.3, -0.25) is 9.69 Å². The highest BCUT2D eigenvalue weighted by atomic mass is 16.6. The fraction of sp³-hybridized carbons (Fsp3) is 0.263. The van der Waals surface area contributed by atoms with Crippen LogP contribution in [0.25, 0.3) is 0 Å². The van der Waals surface area contributed by atoms with E-state index >= 15 is 0 Å². The van der Waals surface area contributed by atoms with Crippen molar-refractivity contribution >= 4 is 17.7 Å². The molecule has 0 bridgehead atoms. The number of hydrogen-bond acceptors (Lipinski definition) is 3. The van der Waals surface area contributed by atoms with Gasteiger partial charge in [-0.15, -0.1) is 0 Å². The van der Waals surface area contributed by atoms with E-state index in [-0.39, 0.29) is 6.61 Å². The highest BCUT2D eigenvalue weighted by Gasteiger charge is 2.14. The van der Waals surface area contributed by atoms with Crippen LogP contribution in [-0.4, -0.2) is 19.0 Å². The van der Waals surface area contributed by atoms with E-state index in [0.717, 1.165) is 5.56 Å². The molecule has 2 rings (SSSR count). The molecule has 24 heavy (non-hydrogen) atoms. The van der Waals surface area contributed by atoms with E-state index in [1.54, 1.807) is 31.3 Å². The Kier molecular flexibility index (Phi) is 5.58. The average Bonchev–Trinajstić information content (AvgIpc) is 2.59. The zero-order chi connectivity index (χ0) is 17.7. The molecule has 0 saturated carbocycles. The van der Waals surface area contributed by atoms with Gasteiger partial charge in [-0.25, -0.2) is 4.79 Å². The van der Waals surface area contributed by atoms with Crippen LogP contribution >= 0.6 is 0 Å². The number of ether oxygens (including phenoxy) is 1. The highest BCUT2D eigenvalue weighted by molar-refractivity contribution is 5.95. The van der Waals surface area contributed by atoms with Crippen LogP contribution in [-0.2, 0) is 11.3 Å². The van der Waals surface area contributed by atoms with Crippen molar-refractivity contribution in [2.24, 2.45) is 5.73 Å². The Balaban J connectivity index is 1.99. The Bertz CT molecular complexity index is 724. The molecule has 0 atom stereocenters. The van der Waals surface area contributed by atoms with Gasteiger partial charge in [0.15, 0.2) is 0 Å². The van der Waals surface area contributed by atoms with Crippen LogP contribution in [0, 0.1) is 0 Å². The number of rotatable bonds is 5. The molecule has 2 N–H and O–H groups in total. The number of amides is 2. The Morgan fingerprint density at radius 2 is 1.79 bits per heavy atom. The first kappa shape index (κ1) is 17.5. The molecule has 2 amide bonds. The summed E-state index contributed by atoms with van der Waals surface area (Å²) < 4.78 is 5.32. The molecule has 2 aromatic rings. The summed E-state index contributed by atoms with van der Waals surface area (Å²) in [6, 6.07) is 14.5. The van der Waals surface area contributed by atoms with Crippen molar-refractivity contribution in [3.63, 3.8) is 0 Å². The third kappa shape index (κ3) is 4.35. The van der Waals surface area contributed by atoms with Gasteiger partial charge in [0, 0.05) is 18.3 Å². The van der Waals surface area contributed by atoms with Gasteiger partial charge in [0.05, 0.1) is 0 Å². The summed E-state index contributed by atoms with van der Waals surface area (Å²) in [7, 11) is 1.59. The molecule has 5 heteroatoms. The normalized spacial score (nSPS) is 10.5. The minimum absolute atomic E-state index is 0.192. The van der Waals surface area contributed by atoms with Crippen molar-refractivity contribution < 1.29 is 14.3 Å². The first-order chi connectivity index (χ1) is 11.4. The molecule has 0 aliphatic carbocycles. The lowest BCUT2D eigenvalue weighted by molar-refractivity contribution is 0.1000. The van der Waals surface area contributed by atoms with Crippen LogP contribution in [0.2, 0.25) is 0 Å². The molecule has 126 valence electrons. The van der Waals surface area contributed by atoms with Gasteiger partial charge in [-0.1, -0.05) is 44.2 Å². The lowest BCUT2D eigenvalue weighted by Gasteiger charge is -2.17. The van der Waals surface area contributed by atoms with E-state index in [0.29, 0.717) is 17.2 Å². The van der Waals surface area contributed by atoms with Crippen LogP contribution in [0.4, 0.5) is 10.5 Å². The molecule has 2 aromatic carbocycles. The largest absolute Gasteiger partial charge is 0.444 e. The zero-order valence-electron chi connectivity index (χ0n) is 14.2. The van der Waals surface area contributed by atoms with Crippen LogP contribution in [0.15, 0.2) is 48.5 Å². The summed E-state index contributed by atoms with van der Waals surface area (Å²) in [4.78, 5) is 24.7. The van der Waals surface area contributed by atoms with Crippen molar-refractivity contribution in [1.29, 1.82) is 0 Å². The summed E-state index contributed by atoms with van der Waals surface area (Å²) >= 11 is 0. The number of carbonyl (C=O) groups is 2. The Hall–Kier alpha value is -2.82. The highest BCUT2D eigenvalue weighted by Crippen LogP contribution is 2.17. The zero-order valence-corrected chi connectivity index (χ0v) is 14.2. The van der Waals surface area contributed by atoms with Crippen LogP contribution in [0.1, 0.15) is 41.3 Å². The number of nitrogens with two attached hydrogens (primary N) is 1. The molecule has 0 radical (unpaired) electrons. The summed E-state index contributed by atoms with van der Waals surface area (Å²) in [5.74, 6) is -0.0749. The van der Waals surface area contributed by atoms with Gasteiger partial charge < -0.3 is 10.5 Å². The predicted molar refractivity (Wildman–Crippen MR) is 94.1 cm³/mol. The van der Waals surface area contributed by atoms with Gasteiger partial charge in [-0.05, 0) is 35.2 Å². The lowest BCUT2D eigenvalue weighted by atomic mass is 10.0. The predicted octanol–water partition coefficient (Wildman–Crippen LogP) is 3.68. The summed E-state index contributed by atoms with van der Waals surface area (Å²) in [6.07, 6.45) is -0.496. The van der Waals surface area contributed by atoms with Gasteiger partial charge in [0.25, 0.3) is 0 Å². The van der Waals surface area contributed by atoms with E-state index < -0.39 is 12.0 Å². The number of benzene rings is 2. The monoisotopic (exact) mass is 326 g/mol. The van der Waals surface area contributed by atoms with E-state index in [2.05, 4.69) is 13.8 Å². The van der Waals surface area contributed by atoms with Crippen molar-refractivity contribution in [2.75, 3.05) is 11.9 Å². The second-order valence-corrected chi connectivity index (χ2v) is 5.92. The molecule has 0 saturated heterocycles. The molecule has 0 aliphatic heterocycles. The number of hydrogen-bond donors (Lipinski definition) is 1. The van der Waals surface area contributed by atoms with Crippen LogP contribution < -0.4 is 10.6 Å². The Labute approximate surface area is 142 Å². The first-order valence-corrected chi connectivity index (χ1v) is 7.77. The molecule has 0 spiro atoms. The van der Waals surface area contributed by atoms with Gasteiger partial charge in [0.2, 0.25) is 5.91 Å². The molecular weight excluding hydrogens is 304 g/mol. The summed E-state index contributed by atoms with van der Waals surface area (Å²) in [6.45, 7) is 4.45. The maximum Gasteiger partial charge on any atom is 0.414 e. The fourth-order valence-corrected chi connectivity index (χ4v) is 2.21. The number of nitrogens with zero attached hydrogens (tertiary/aromatic N) is 1. The second-order valence-electron chi connectivity index (χ2n) is 5.92.